The first kappa shape index (κ1) is 17.7. The van der Waals surface area contributed by atoms with Crippen molar-refractivity contribution in [2.75, 3.05) is 18.4 Å². The number of aryl methyl sites for hydroxylation is 1. The number of anilines is 1. The number of hydrogen-bond acceptors (Lipinski definition) is 7. The zero-order valence-electron chi connectivity index (χ0n) is 16.0. The number of nitrogens with one attached hydrogen (secondary N) is 3. The van der Waals surface area contributed by atoms with Crippen LogP contribution in [0.2, 0.25) is 0 Å². The van der Waals surface area contributed by atoms with Crippen LogP contribution >= 0.6 is 11.9 Å². The number of fused-ring (bicyclic) bond motifs is 1. The van der Waals surface area contributed by atoms with Crippen LogP contribution in [-0.4, -0.2) is 43.3 Å². The zero-order valence-corrected chi connectivity index (χ0v) is 16.8. The van der Waals surface area contributed by atoms with Crippen LogP contribution in [0.15, 0.2) is 35.9 Å². The molecule has 0 radical (unpaired) electrons. The molecule has 5 heterocycles. The van der Waals surface area contributed by atoms with Gasteiger partial charge in [-0.05, 0) is 44.3 Å². The molecule has 0 aromatic carbocycles. The molecule has 0 saturated carbocycles. The lowest BCUT2D eigenvalue weighted by molar-refractivity contribution is 0.454. The molecule has 0 amide bonds. The Morgan fingerprint density at radius 1 is 1.29 bits per heavy atom. The van der Waals surface area contributed by atoms with E-state index in [1.165, 1.54) is 6.42 Å². The van der Waals surface area contributed by atoms with Gasteiger partial charge in [0.25, 0.3) is 0 Å². The molecule has 146 valence electrons. The highest BCUT2D eigenvalue weighted by Crippen LogP contribution is 2.30. The van der Waals surface area contributed by atoms with E-state index in [2.05, 4.69) is 49.0 Å². The van der Waals surface area contributed by atoms with Crippen LogP contribution < -0.4 is 15.4 Å². The summed E-state index contributed by atoms with van der Waals surface area (Å²) < 4.78 is 7.29. The lowest BCUT2D eigenvalue weighted by Crippen LogP contribution is -2.29. The Bertz CT molecular complexity index is 1030. The van der Waals surface area contributed by atoms with E-state index in [9.17, 15) is 0 Å². The Morgan fingerprint density at radius 3 is 2.93 bits per heavy atom. The van der Waals surface area contributed by atoms with Crippen molar-refractivity contribution < 1.29 is 0 Å². The highest BCUT2D eigenvalue weighted by molar-refractivity contribution is 8.01. The standard InChI is InChI=1S/C19H24N8S/c1-12-6-17(28-25-12)24-18-19-21-9-16(14-8-22-26(2)10-14)27(19)11-15(23-18)13-4-3-5-20-7-13/h6,8-13,20,25H,3-5,7H2,1-2H3,(H,23,24). The summed E-state index contributed by atoms with van der Waals surface area (Å²) >= 11 is 1.60. The van der Waals surface area contributed by atoms with Crippen molar-refractivity contribution in [1.82, 2.24) is 34.2 Å². The summed E-state index contributed by atoms with van der Waals surface area (Å²) in [4.78, 5) is 9.67. The van der Waals surface area contributed by atoms with Crippen LogP contribution in [0.5, 0.6) is 0 Å². The molecule has 1 saturated heterocycles. The van der Waals surface area contributed by atoms with Gasteiger partial charge in [-0.1, -0.05) is 0 Å². The summed E-state index contributed by atoms with van der Waals surface area (Å²) in [6.07, 6.45) is 12.4. The molecule has 9 heteroatoms. The van der Waals surface area contributed by atoms with E-state index >= 15 is 0 Å². The third-order valence-electron chi connectivity index (χ3n) is 5.22. The maximum Gasteiger partial charge on any atom is 0.180 e. The molecule has 3 aromatic heterocycles. The van der Waals surface area contributed by atoms with Crippen molar-refractivity contribution in [3.05, 3.63) is 41.6 Å². The van der Waals surface area contributed by atoms with E-state index in [1.54, 1.807) is 11.9 Å². The summed E-state index contributed by atoms with van der Waals surface area (Å²) in [5.41, 5.74) is 3.99. The molecule has 8 nitrogen and oxygen atoms in total. The molecule has 0 spiro atoms. The number of piperidine rings is 1. The molecule has 2 unspecified atom stereocenters. The maximum atomic E-state index is 4.99. The molecule has 1 fully saturated rings. The summed E-state index contributed by atoms with van der Waals surface area (Å²) in [7, 11) is 1.93. The monoisotopic (exact) mass is 396 g/mol. The fourth-order valence-corrected chi connectivity index (χ4v) is 4.60. The van der Waals surface area contributed by atoms with Crippen molar-refractivity contribution in [3.63, 3.8) is 0 Å². The van der Waals surface area contributed by atoms with Gasteiger partial charge < -0.3 is 10.6 Å². The van der Waals surface area contributed by atoms with Crippen LogP contribution in [0, 0.1) is 0 Å². The van der Waals surface area contributed by atoms with Crippen molar-refractivity contribution >= 4 is 23.4 Å². The van der Waals surface area contributed by atoms with E-state index in [-0.39, 0.29) is 0 Å². The third kappa shape index (κ3) is 3.30. The summed E-state index contributed by atoms with van der Waals surface area (Å²) in [5.74, 6) is 1.21. The first-order valence-corrected chi connectivity index (χ1v) is 10.5. The lowest BCUT2D eigenvalue weighted by Gasteiger charge is -2.23. The summed E-state index contributed by atoms with van der Waals surface area (Å²) in [6.45, 7) is 4.18. The van der Waals surface area contributed by atoms with Gasteiger partial charge in [-0.2, -0.15) is 5.10 Å². The minimum atomic E-state index is 0.333. The van der Waals surface area contributed by atoms with Gasteiger partial charge in [0.2, 0.25) is 0 Å². The molecule has 28 heavy (non-hydrogen) atoms. The van der Waals surface area contributed by atoms with Crippen LogP contribution in [0.4, 0.5) is 5.82 Å². The third-order valence-corrected chi connectivity index (χ3v) is 6.17. The average molecular weight is 397 g/mol. The molecule has 3 N–H and O–H groups in total. The van der Waals surface area contributed by atoms with Gasteiger partial charge in [-0.15, -0.1) is 0 Å². The van der Waals surface area contributed by atoms with Crippen LogP contribution in [0.1, 0.15) is 31.4 Å². The quantitative estimate of drug-likeness (QED) is 0.584. The second-order valence-electron chi connectivity index (χ2n) is 7.46. The Kier molecular flexibility index (Phi) is 4.58. The van der Waals surface area contributed by atoms with Gasteiger partial charge in [-0.3, -0.25) is 13.8 Å². The van der Waals surface area contributed by atoms with Crippen molar-refractivity contribution in [2.24, 2.45) is 7.05 Å². The highest BCUT2D eigenvalue weighted by Gasteiger charge is 2.22. The molecule has 2 atom stereocenters. The molecule has 0 bridgehead atoms. The van der Waals surface area contributed by atoms with Crippen molar-refractivity contribution in [2.45, 2.75) is 31.7 Å². The highest BCUT2D eigenvalue weighted by atomic mass is 32.2. The molecule has 3 aromatic rings. The van der Waals surface area contributed by atoms with E-state index in [4.69, 9.17) is 4.98 Å². The number of aromatic nitrogens is 5. The second kappa shape index (κ2) is 7.23. The molecule has 2 aliphatic heterocycles. The predicted molar refractivity (Wildman–Crippen MR) is 112 cm³/mol. The molecular formula is C19H24N8S. The minimum absolute atomic E-state index is 0.333. The molecular weight excluding hydrogens is 372 g/mol. The first-order chi connectivity index (χ1) is 13.7. The first-order valence-electron chi connectivity index (χ1n) is 9.66. The fourth-order valence-electron chi connectivity index (χ4n) is 3.79. The fraction of sp³-hybridized carbons (Fsp3) is 0.421. The topological polar surface area (TPSA) is 84.1 Å². The normalized spacial score (nSPS) is 22.6. The largest absolute Gasteiger partial charge is 0.331 e. The predicted octanol–water partition coefficient (Wildman–Crippen LogP) is 2.49. The minimum Gasteiger partial charge on any atom is -0.331 e. The SMILES string of the molecule is CC1C=C(Nc2nc(C3CCCNC3)cn3c(-c4cnn(C)c4)cnc23)SN1. The smallest absolute Gasteiger partial charge is 0.180 e. The van der Waals surface area contributed by atoms with E-state index in [0.29, 0.717) is 12.0 Å². The Labute approximate surface area is 168 Å². The van der Waals surface area contributed by atoms with Crippen LogP contribution in [0.3, 0.4) is 0 Å². The number of hydrogen-bond donors (Lipinski definition) is 3. The van der Waals surface area contributed by atoms with E-state index in [1.807, 2.05) is 30.3 Å². The van der Waals surface area contributed by atoms with Crippen molar-refractivity contribution in [1.29, 1.82) is 0 Å². The molecule has 0 aliphatic carbocycles. The van der Waals surface area contributed by atoms with E-state index in [0.717, 1.165) is 53.0 Å². The van der Waals surface area contributed by atoms with Gasteiger partial charge in [0, 0.05) is 43.5 Å². The number of nitrogens with zero attached hydrogens (tertiary/aromatic N) is 5. The van der Waals surface area contributed by atoms with Crippen molar-refractivity contribution in [3.8, 4) is 11.3 Å². The summed E-state index contributed by atoms with van der Waals surface area (Å²) in [5, 5.41) is 12.4. The Morgan fingerprint density at radius 2 is 2.21 bits per heavy atom. The van der Waals surface area contributed by atoms with Crippen LogP contribution in [0.25, 0.3) is 16.9 Å². The summed E-state index contributed by atoms with van der Waals surface area (Å²) in [6, 6.07) is 0.333. The number of imidazole rings is 1. The van der Waals surface area contributed by atoms with Gasteiger partial charge in [-0.25, -0.2) is 9.97 Å². The average Bonchev–Trinajstić information content (AvgIpc) is 3.42. The lowest BCUT2D eigenvalue weighted by atomic mass is 9.96. The van der Waals surface area contributed by atoms with Gasteiger partial charge in [0.05, 0.1) is 28.8 Å². The van der Waals surface area contributed by atoms with Gasteiger partial charge >= 0.3 is 0 Å². The number of rotatable bonds is 4. The second-order valence-corrected chi connectivity index (χ2v) is 8.34. The maximum absolute atomic E-state index is 4.99. The van der Waals surface area contributed by atoms with E-state index < -0.39 is 0 Å². The van der Waals surface area contributed by atoms with Gasteiger partial charge in [0.1, 0.15) is 0 Å². The van der Waals surface area contributed by atoms with Crippen LogP contribution in [-0.2, 0) is 7.05 Å². The Hall–Kier alpha value is -2.36. The molecule has 2 aliphatic rings. The van der Waals surface area contributed by atoms with Gasteiger partial charge in [0.15, 0.2) is 11.5 Å². The zero-order chi connectivity index (χ0) is 19.1. The Balaban J connectivity index is 1.62. The molecule has 5 rings (SSSR count).